The van der Waals surface area contributed by atoms with E-state index < -0.39 is 105 Å². The summed E-state index contributed by atoms with van der Waals surface area (Å²) in [5.41, 5.74) is 11.4. The van der Waals surface area contributed by atoms with Crippen molar-refractivity contribution in [3.8, 4) is 45.0 Å². The van der Waals surface area contributed by atoms with Gasteiger partial charge in [-0.25, -0.2) is 18.3 Å². The zero-order valence-electron chi connectivity index (χ0n) is 89.7. The molecule has 0 bridgehead atoms. The second kappa shape index (κ2) is 31.3. The smallest absolute Gasteiger partial charge is 0.201 e. The fraction of sp³-hybridized carbons (Fsp3) is 0.516. The number of nitrogens with zero attached hydrogens (tertiary/aromatic N) is 4. The van der Waals surface area contributed by atoms with Gasteiger partial charge in [0.15, 0.2) is 24.8 Å². The molecule has 95 heavy (non-hydrogen) atoms. The lowest BCUT2D eigenvalue weighted by Gasteiger charge is -2.24. The average Bonchev–Trinajstić information content (AvgIpc) is 0.751. The molecular formula is C91H134N4+4. The number of benzene rings is 4. The van der Waals surface area contributed by atoms with Crippen molar-refractivity contribution in [1.82, 2.24) is 0 Å². The fourth-order valence-corrected chi connectivity index (χ4v) is 11.1. The van der Waals surface area contributed by atoms with Crippen molar-refractivity contribution in [3.05, 3.63) is 210 Å². The molecule has 4 nitrogen and oxygen atoms in total. The van der Waals surface area contributed by atoms with Crippen molar-refractivity contribution in [2.75, 3.05) is 0 Å². The molecule has 0 fully saturated rings. The van der Waals surface area contributed by atoms with Gasteiger partial charge in [-0.05, 0) is 244 Å². The van der Waals surface area contributed by atoms with Crippen LogP contribution in [0.3, 0.4) is 0 Å². The molecule has 0 spiro atoms. The van der Waals surface area contributed by atoms with Crippen LogP contribution in [0.25, 0.3) is 45.0 Å². The number of hydrogen-bond donors (Lipinski definition) is 0. The number of aromatic nitrogens is 4. The van der Waals surface area contributed by atoms with Crippen molar-refractivity contribution in [2.24, 2.45) is 60.7 Å². The van der Waals surface area contributed by atoms with E-state index in [1.807, 2.05) is 186 Å². The fourth-order valence-electron chi connectivity index (χ4n) is 11.1. The monoisotopic (exact) mass is 1310 g/mol. The van der Waals surface area contributed by atoms with Gasteiger partial charge in [0.05, 0.1) is 0 Å². The van der Waals surface area contributed by atoms with Crippen molar-refractivity contribution >= 4 is 0 Å². The predicted molar refractivity (Wildman–Crippen MR) is 413 cm³/mol. The number of rotatable bonds is 11. The molecule has 4 aromatic heterocycles. The SMILES string of the molecule is [2H]C([2H])([2H])c1cc(C)c(-c2cc(C)c(C([2H])([2H])C(C)(C)C)c[n+]2C)cc1C.[2H]C([2H])([2H])c1cc(C)c(-c2cc(C)c(C([2H])([2H])C(C)(C)C)c[n+]2C)cc1C([2H])([2H])C(C)(C)C.[2H]C([2H])([2H])c1ccc(-c2cc(C([2H])([2H])C(C)(C)C)c(C([2H])([2H])C(C)(C)C)c[n+]2C)c(C)c1.[2H]C([2H])([2H])c1ccc(-c2cc(C([2H])([2H])C)c(C([2H])([2H])C(C)(C)C)c[n+]2C)c(C)c1. The maximum absolute atomic E-state index is 8.96. The van der Waals surface area contributed by atoms with E-state index >= 15 is 0 Å². The maximum Gasteiger partial charge on any atom is 0.212 e. The topological polar surface area (TPSA) is 15.5 Å². The first-order valence-electron chi connectivity index (χ1n) is 46.2. The molecule has 0 aliphatic rings. The Bertz CT molecular complexity index is 5120. The Morgan fingerprint density at radius 2 is 0.579 bits per heavy atom. The summed E-state index contributed by atoms with van der Waals surface area (Å²) in [7, 11) is 7.35. The van der Waals surface area contributed by atoms with Crippen LogP contribution >= 0.6 is 0 Å². The Morgan fingerprint density at radius 3 is 0.937 bits per heavy atom. The Morgan fingerprint density at radius 1 is 0.274 bits per heavy atom. The van der Waals surface area contributed by atoms with E-state index in [1.165, 1.54) is 6.92 Å². The highest BCUT2D eigenvalue weighted by Crippen LogP contribution is 2.35. The van der Waals surface area contributed by atoms with Gasteiger partial charge in [-0.15, -0.1) is 0 Å². The van der Waals surface area contributed by atoms with Gasteiger partial charge >= 0.3 is 0 Å². The van der Waals surface area contributed by atoms with E-state index in [9.17, 15) is 0 Å². The first-order chi connectivity index (χ1) is 53.6. The third-order valence-corrected chi connectivity index (χ3v) is 15.3. The van der Waals surface area contributed by atoms with Crippen LogP contribution < -0.4 is 18.3 Å². The van der Waals surface area contributed by atoms with Gasteiger partial charge < -0.3 is 0 Å². The van der Waals surface area contributed by atoms with E-state index in [-0.39, 0.29) is 22.3 Å². The minimum absolute atomic E-state index is 0.0312. The second-order valence-electron chi connectivity index (χ2n) is 32.2. The normalized spacial score (nSPS) is 17.8. The summed E-state index contributed by atoms with van der Waals surface area (Å²) in [5, 5.41) is 0. The van der Waals surface area contributed by atoms with Gasteiger partial charge in [-0.1, -0.05) is 179 Å². The first kappa shape index (κ1) is 48.2. The molecule has 4 aromatic carbocycles. The predicted octanol–water partition coefficient (Wildman–Crippen LogP) is 22.2. The largest absolute Gasteiger partial charge is 0.212 e. The van der Waals surface area contributed by atoms with Gasteiger partial charge in [-0.2, -0.15) is 0 Å². The van der Waals surface area contributed by atoms with Gasteiger partial charge in [0.25, 0.3) is 0 Å². The molecular weight excluding hydrogens is 1150 g/mol. The molecule has 514 valence electrons. The average molecular weight is 1310 g/mol. The molecule has 0 unspecified atom stereocenters. The van der Waals surface area contributed by atoms with Crippen LogP contribution in [-0.2, 0) is 72.8 Å². The van der Waals surface area contributed by atoms with Gasteiger partial charge in [-0.3, -0.25) is 0 Å². The Balaban J connectivity index is 0.000000288. The van der Waals surface area contributed by atoms with E-state index in [0.29, 0.717) is 50.3 Å². The van der Waals surface area contributed by atoms with Gasteiger partial charge in [0.1, 0.15) is 28.2 Å². The molecule has 4 heteroatoms. The summed E-state index contributed by atoms with van der Waals surface area (Å²) in [6.45, 7) is 38.4. The molecule has 0 atom stereocenters. The van der Waals surface area contributed by atoms with Crippen LogP contribution in [0.1, 0.15) is 267 Å². The Hall–Kier alpha value is -6.52. The summed E-state index contributed by atoms with van der Waals surface area (Å²) in [5.74, 6) is 0. The third-order valence-electron chi connectivity index (χ3n) is 15.3. The van der Waals surface area contributed by atoms with Gasteiger partial charge in [0.2, 0.25) is 22.8 Å². The molecule has 8 rings (SSSR count). The lowest BCUT2D eigenvalue weighted by Crippen LogP contribution is -2.33. The third kappa shape index (κ3) is 23.9. The highest BCUT2D eigenvalue weighted by Gasteiger charge is 2.27. The molecule has 0 aliphatic heterocycles. The van der Waals surface area contributed by atoms with Crippen LogP contribution in [0.4, 0.5) is 0 Å². The summed E-state index contributed by atoms with van der Waals surface area (Å²) in [6.07, 6.45) is -4.97. The molecule has 0 aliphatic carbocycles. The molecule has 0 N–H and O–H groups in total. The van der Waals surface area contributed by atoms with Crippen LogP contribution in [0.2, 0.25) is 0 Å². The van der Waals surface area contributed by atoms with Gasteiger partial charge in [0, 0.05) is 104 Å². The molecule has 8 aromatic rings. The van der Waals surface area contributed by atoms with Crippen LogP contribution in [0.15, 0.2) is 110 Å². The lowest BCUT2D eigenvalue weighted by molar-refractivity contribution is -0.661. The van der Waals surface area contributed by atoms with Crippen LogP contribution in [-0.4, -0.2) is 0 Å². The zero-order chi connectivity index (χ0) is 94.5. The maximum atomic E-state index is 8.96. The van der Waals surface area contributed by atoms with Crippen molar-refractivity contribution in [3.63, 3.8) is 0 Å². The molecule has 0 amide bonds. The van der Waals surface area contributed by atoms with E-state index in [1.54, 1.807) is 143 Å². The van der Waals surface area contributed by atoms with Crippen LogP contribution in [0, 0.1) is 108 Å². The number of pyridine rings is 4. The van der Waals surface area contributed by atoms with Crippen LogP contribution in [0.5, 0.6) is 0 Å². The zero-order valence-corrected chi connectivity index (χ0v) is 63.7. The summed E-state index contributed by atoms with van der Waals surface area (Å²) in [4.78, 5) is 0. The summed E-state index contributed by atoms with van der Waals surface area (Å²) >= 11 is 0. The number of aryl methyl sites for hydroxylation is 16. The molecule has 0 saturated heterocycles. The first-order valence-corrected chi connectivity index (χ1v) is 33.2. The molecule has 4 heterocycles. The highest BCUT2D eigenvalue weighted by molar-refractivity contribution is 5.66. The Kier molecular flexibility index (Phi) is 15.9. The standard InChI is InChI=1S/C25H38N.C24H36N.2C21H30N/c1-17-11-19(3)22(13-20(17)14-24(4,5)6)23-12-18(2)21(16-26(23)10)15-25(7,8)9;1-17-10-11-21(18(2)12-17)22-13-19(14-23(3,4)5)20(16-25(22)9)15-24(6,7)8;1-14-9-17(4)19(10-15(14)2)20-11-16(3)18(13-22(20)8)12-21(5,6)7;1-8-17-12-20(19-10-9-15(2)11-16(19)3)22(7)14-18(17)13-21(4,5)6/h11-13,16H,14-15H2,1-10H3;10-13,16H,14-15H2,1-9H3;9-11,13H,12H2,1-8H3;9-12,14H,8,13H2,1-7H3/q4*+1/i2*1D3,14D2,15D2;1D3,12D2;2D3,8D2,13D2. The van der Waals surface area contributed by atoms with E-state index in [4.69, 9.17) is 35.6 Å². The molecule has 0 saturated carbocycles. The summed E-state index contributed by atoms with van der Waals surface area (Å²) in [6, 6.07) is 24.2. The second-order valence-corrected chi connectivity index (χ2v) is 32.2. The summed E-state index contributed by atoms with van der Waals surface area (Å²) < 4.78 is 222. The minimum Gasteiger partial charge on any atom is -0.201 e. The highest BCUT2D eigenvalue weighted by atomic mass is 14.9. The minimum atomic E-state index is -2.44. The molecule has 0 radical (unpaired) electrons. The lowest BCUT2D eigenvalue weighted by atomic mass is 9.81. The number of hydrogen-bond acceptors (Lipinski definition) is 0. The Labute approximate surface area is 619 Å². The van der Waals surface area contributed by atoms with Crippen molar-refractivity contribution in [1.29, 1.82) is 0 Å². The quantitative estimate of drug-likeness (QED) is 0.115. The van der Waals surface area contributed by atoms with Crippen molar-refractivity contribution < 1.29 is 53.9 Å². The van der Waals surface area contributed by atoms with E-state index in [2.05, 4.69) is 0 Å². The van der Waals surface area contributed by atoms with E-state index in [0.717, 1.165) is 72.6 Å². The van der Waals surface area contributed by atoms with Crippen molar-refractivity contribution in [2.45, 2.75) is 252 Å².